The summed E-state index contributed by atoms with van der Waals surface area (Å²) in [6.07, 6.45) is 3.21. The first kappa shape index (κ1) is 16.2. The van der Waals surface area contributed by atoms with Gasteiger partial charge in [-0.1, -0.05) is 72.0 Å². The maximum absolute atomic E-state index is 12.6. The number of benzene rings is 2. The van der Waals surface area contributed by atoms with Gasteiger partial charge in [0.05, 0.1) is 0 Å². The maximum atomic E-state index is 12.6. The van der Waals surface area contributed by atoms with Gasteiger partial charge in [0.2, 0.25) is 0 Å². The molecular weight excluding hydrogens is 342 g/mol. The second-order valence-electron chi connectivity index (χ2n) is 5.62. The van der Waals surface area contributed by atoms with Gasteiger partial charge in [0.15, 0.2) is 0 Å². The van der Waals surface area contributed by atoms with E-state index in [4.69, 9.17) is 4.98 Å². The molecule has 0 unspecified atom stereocenters. The third-order valence-corrected chi connectivity index (χ3v) is 4.88. The first-order valence-electron chi connectivity index (χ1n) is 8.14. The molecule has 0 spiro atoms. The quantitative estimate of drug-likeness (QED) is 0.551. The van der Waals surface area contributed by atoms with E-state index in [2.05, 4.69) is 10.3 Å². The van der Waals surface area contributed by atoms with E-state index >= 15 is 0 Å². The third kappa shape index (κ3) is 3.38. The molecule has 0 radical (unpaired) electrons. The number of thiazole rings is 1. The van der Waals surface area contributed by atoms with Crippen LogP contribution in [0.1, 0.15) is 10.4 Å². The Morgan fingerprint density at radius 1 is 0.808 bits per heavy atom. The summed E-state index contributed by atoms with van der Waals surface area (Å²) in [5.41, 5.74) is 3.33. The van der Waals surface area contributed by atoms with Crippen LogP contribution in [0.4, 0.5) is 5.00 Å². The van der Waals surface area contributed by atoms with Crippen LogP contribution in [0, 0.1) is 0 Å². The number of nitrogens with zero attached hydrogens (tertiary/aromatic N) is 2. The van der Waals surface area contributed by atoms with E-state index in [0.717, 1.165) is 26.8 Å². The molecule has 2 aromatic carbocycles. The van der Waals surface area contributed by atoms with Crippen LogP contribution in [0.15, 0.2) is 85.2 Å². The number of carbonyl (C=O) groups excluding carboxylic acids is 1. The van der Waals surface area contributed by atoms with E-state index in [9.17, 15) is 4.79 Å². The van der Waals surface area contributed by atoms with Crippen LogP contribution in [0.2, 0.25) is 0 Å². The topological polar surface area (TPSA) is 54.9 Å². The molecule has 0 aliphatic heterocycles. The Labute approximate surface area is 155 Å². The minimum atomic E-state index is -0.173. The SMILES string of the molecule is O=C(Nc1sc(-c2ccccc2)nc1-c1ccccc1)c1ccncc1. The van der Waals surface area contributed by atoms with Gasteiger partial charge < -0.3 is 5.32 Å². The molecule has 0 aliphatic carbocycles. The first-order valence-corrected chi connectivity index (χ1v) is 8.96. The minimum absolute atomic E-state index is 0.173. The van der Waals surface area contributed by atoms with Crippen molar-refractivity contribution in [2.24, 2.45) is 0 Å². The van der Waals surface area contributed by atoms with Crippen LogP contribution in [0.5, 0.6) is 0 Å². The molecule has 0 saturated heterocycles. The van der Waals surface area contributed by atoms with E-state index in [1.54, 1.807) is 24.5 Å². The van der Waals surface area contributed by atoms with Crippen LogP contribution in [-0.4, -0.2) is 15.9 Å². The number of nitrogens with one attached hydrogen (secondary N) is 1. The van der Waals surface area contributed by atoms with Crippen molar-refractivity contribution in [3.63, 3.8) is 0 Å². The average Bonchev–Trinajstić information content (AvgIpc) is 3.14. The molecule has 1 amide bonds. The van der Waals surface area contributed by atoms with Gasteiger partial charge in [-0.05, 0) is 12.1 Å². The molecule has 126 valence electrons. The Morgan fingerprint density at radius 3 is 2.08 bits per heavy atom. The molecule has 5 heteroatoms. The Hall–Kier alpha value is -3.31. The van der Waals surface area contributed by atoms with Crippen LogP contribution < -0.4 is 5.32 Å². The molecule has 4 nitrogen and oxygen atoms in total. The summed E-state index contributed by atoms with van der Waals surface area (Å²) in [5.74, 6) is -0.173. The van der Waals surface area contributed by atoms with Crippen molar-refractivity contribution in [2.45, 2.75) is 0 Å². The van der Waals surface area contributed by atoms with Gasteiger partial charge >= 0.3 is 0 Å². The van der Waals surface area contributed by atoms with Crippen molar-refractivity contribution in [1.29, 1.82) is 0 Å². The van der Waals surface area contributed by atoms with Crippen molar-refractivity contribution in [2.75, 3.05) is 5.32 Å². The van der Waals surface area contributed by atoms with E-state index in [1.807, 2.05) is 60.7 Å². The van der Waals surface area contributed by atoms with Gasteiger partial charge in [-0.15, -0.1) is 0 Å². The first-order chi connectivity index (χ1) is 12.8. The fourth-order valence-electron chi connectivity index (χ4n) is 2.58. The number of hydrogen-bond acceptors (Lipinski definition) is 4. The van der Waals surface area contributed by atoms with Gasteiger partial charge in [0, 0.05) is 29.1 Å². The Kier molecular flexibility index (Phi) is 4.53. The van der Waals surface area contributed by atoms with Gasteiger partial charge in [-0.3, -0.25) is 9.78 Å². The predicted octanol–water partition coefficient (Wildman–Crippen LogP) is 5.12. The van der Waals surface area contributed by atoms with E-state index < -0.39 is 0 Å². The van der Waals surface area contributed by atoms with Gasteiger partial charge in [0.1, 0.15) is 15.7 Å². The predicted molar refractivity (Wildman–Crippen MR) is 105 cm³/mol. The fraction of sp³-hybridized carbons (Fsp3) is 0. The molecular formula is C21H15N3OS. The lowest BCUT2D eigenvalue weighted by molar-refractivity contribution is 0.102. The highest BCUT2D eigenvalue weighted by Gasteiger charge is 2.17. The fourth-order valence-corrected chi connectivity index (χ4v) is 3.57. The van der Waals surface area contributed by atoms with Crippen molar-refractivity contribution in [1.82, 2.24) is 9.97 Å². The third-order valence-electron chi connectivity index (χ3n) is 3.86. The van der Waals surface area contributed by atoms with Crippen LogP contribution in [0.3, 0.4) is 0 Å². The Bertz CT molecular complexity index is 1020. The molecule has 0 fully saturated rings. The number of anilines is 1. The molecule has 2 heterocycles. The van der Waals surface area contributed by atoms with Crippen LogP contribution >= 0.6 is 11.3 Å². The summed E-state index contributed by atoms with van der Waals surface area (Å²) in [5, 5.41) is 4.61. The van der Waals surface area contributed by atoms with Crippen molar-refractivity contribution in [3.8, 4) is 21.8 Å². The van der Waals surface area contributed by atoms with E-state index in [1.165, 1.54) is 11.3 Å². The van der Waals surface area contributed by atoms with Gasteiger partial charge in [0.25, 0.3) is 5.91 Å². The Morgan fingerprint density at radius 2 is 1.42 bits per heavy atom. The zero-order valence-electron chi connectivity index (χ0n) is 13.8. The van der Waals surface area contributed by atoms with E-state index in [0.29, 0.717) is 5.56 Å². The van der Waals surface area contributed by atoms with Crippen LogP contribution in [-0.2, 0) is 0 Å². The van der Waals surface area contributed by atoms with Gasteiger partial charge in [-0.2, -0.15) is 0 Å². The monoisotopic (exact) mass is 357 g/mol. The number of amides is 1. The summed E-state index contributed by atoms with van der Waals surface area (Å²) in [7, 11) is 0. The normalized spacial score (nSPS) is 10.5. The summed E-state index contributed by atoms with van der Waals surface area (Å²) in [6, 6.07) is 23.2. The molecule has 4 aromatic rings. The summed E-state index contributed by atoms with van der Waals surface area (Å²) >= 11 is 1.47. The highest BCUT2D eigenvalue weighted by atomic mass is 32.1. The standard InChI is InChI=1S/C21H15N3OS/c25-19(16-11-13-22-14-12-16)24-21-18(15-7-3-1-4-8-15)23-20(26-21)17-9-5-2-6-10-17/h1-14H,(H,24,25). The number of pyridine rings is 1. The zero-order valence-corrected chi connectivity index (χ0v) is 14.6. The highest BCUT2D eigenvalue weighted by molar-refractivity contribution is 7.19. The molecule has 1 N–H and O–H groups in total. The number of carbonyl (C=O) groups is 1. The lowest BCUT2D eigenvalue weighted by Gasteiger charge is -2.05. The average molecular weight is 357 g/mol. The molecule has 0 atom stereocenters. The van der Waals surface area contributed by atoms with Crippen LogP contribution in [0.25, 0.3) is 21.8 Å². The van der Waals surface area contributed by atoms with Crippen molar-refractivity contribution < 1.29 is 4.79 Å². The lowest BCUT2D eigenvalue weighted by atomic mass is 10.1. The molecule has 2 aromatic heterocycles. The summed E-state index contributed by atoms with van der Waals surface area (Å²) in [4.78, 5) is 21.3. The maximum Gasteiger partial charge on any atom is 0.256 e. The molecule has 0 bridgehead atoms. The van der Waals surface area contributed by atoms with Gasteiger partial charge in [-0.25, -0.2) is 4.98 Å². The minimum Gasteiger partial charge on any atom is -0.312 e. The summed E-state index contributed by atoms with van der Waals surface area (Å²) in [6.45, 7) is 0. The number of aromatic nitrogens is 2. The molecule has 0 aliphatic rings. The number of rotatable bonds is 4. The smallest absolute Gasteiger partial charge is 0.256 e. The molecule has 4 rings (SSSR count). The second-order valence-corrected chi connectivity index (χ2v) is 6.62. The number of hydrogen-bond donors (Lipinski definition) is 1. The zero-order chi connectivity index (χ0) is 17.8. The largest absolute Gasteiger partial charge is 0.312 e. The summed E-state index contributed by atoms with van der Waals surface area (Å²) < 4.78 is 0. The molecule has 0 saturated carbocycles. The second kappa shape index (κ2) is 7.29. The molecule has 26 heavy (non-hydrogen) atoms. The van der Waals surface area contributed by atoms with Crippen molar-refractivity contribution >= 4 is 22.2 Å². The Balaban J connectivity index is 1.75. The van der Waals surface area contributed by atoms with E-state index in [-0.39, 0.29) is 5.91 Å². The van der Waals surface area contributed by atoms with Crippen molar-refractivity contribution in [3.05, 3.63) is 90.8 Å². The highest BCUT2D eigenvalue weighted by Crippen LogP contribution is 2.38. The lowest BCUT2D eigenvalue weighted by Crippen LogP contribution is -2.11.